The van der Waals surface area contributed by atoms with Crippen LogP contribution < -0.4 is 10.4 Å². The minimum Gasteiger partial charge on any atom is -0.508 e. The minimum absolute atomic E-state index is 0.173. The van der Waals surface area contributed by atoms with Gasteiger partial charge in [0.05, 0.1) is 0 Å². The summed E-state index contributed by atoms with van der Waals surface area (Å²) in [6, 6.07) is 4.77. The number of carbonyl (C=O) groups is 1. The van der Waals surface area contributed by atoms with Gasteiger partial charge >= 0.3 is 5.97 Å². The van der Waals surface area contributed by atoms with Gasteiger partial charge in [0.25, 0.3) is 0 Å². The number of phenols is 1. The SMILES string of the molecule is O=C(O)C1=c2ccc(O)cc2=CCC1. The maximum absolute atomic E-state index is 10.9. The highest BCUT2D eigenvalue weighted by atomic mass is 16.4. The number of benzene rings is 1. The third-order valence-corrected chi connectivity index (χ3v) is 2.38. The molecule has 0 saturated carbocycles. The Morgan fingerprint density at radius 1 is 1.36 bits per heavy atom. The summed E-state index contributed by atoms with van der Waals surface area (Å²) in [6.07, 6.45) is 3.23. The third kappa shape index (κ3) is 1.37. The molecule has 14 heavy (non-hydrogen) atoms. The molecule has 0 amide bonds. The Morgan fingerprint density at radius 2 is 2.14 bits per heavy atom. The first-order chi connectivity index (χ1) is 6.68. The Hall–Kier alpha value is -1.77. The van der Waals surface area contributed by atoms with E-state index in [-0.39, 0.29) is 5.75 Å². The van der Waals surface area contributed by atoms with Crippen molar-refractivity contribution in [3.63, 3.8) is 0 Å². The molecule has 2 N–H and O–H groups in total. The molecule has 0 saturated heterocycles. The van der Waals surface area contributed by atoms with Crippen LogP contribution in [0.25, 0.3) is 11.6 Å². The van der Waals surface area contributed by atoms with E-state index in [1.54, 1.807) is 12.1 Å². The van der Waals surface area contributed by atoms with Gasteiger partial charge in [0.2, 0.25) is 0 Å². The minimum atomic E-state index is -0.870. The molecule has 1 aliphatic carbocycles. The van der Waals surface area contributed by atoms with Crippen molar-refractivity contribution in [3.8, 4) is 5.75 Å². The molecule has 1 aliphatic rings. The van der Waals surface area contributed by atoms with E-state index in [0.717, 1.165) is 16.9 Å². The zero-order valence-corrected chi connectivity index (χ0v) is 7.53. The van der Waals surface area contributed by atoms with Gasteiger partial charge in [0.1, 0.15) is 5.75 Å². The largest absolute Gasteiger partial charge is 0.508 e. The van der Waals surface area contributed by atoms with Crippen molar-refractivity contribution in [1.29, 1.82) is 0 Å². The molecule has 0 unspecified atom stereocenters. The van der Waals surface area contributed by atoms with E-state index in [4.69, 9.17) is 5.11 Å². The van der Waals surface area contributed by atoms with Crippen molar-refractivity contribution in [2.45, 2.75) is 12.8 Å². The van der Waals surface area contributed by atoms with Crippen LogP contribution >= 0.6 is 0 Å². The summed E-state index contributed by atoms with van der Waals surface area (Å²) in [5.41, 5.74) is 0.433. The maximum Gasteiger partial charge on any atom is 0.332 e. The van der Waals surface area contributed by atoms with Gasteiger partial charge in [-0.25, -0.2) is 4.79 Å². The van der Waals surface area contributed by atoms with Crippen LogP contribution in [-0.4, -0.2) is 16.2 Å². The molecular formula is C11H10O3. The van der Waals surface area contributed by atoms with Crippen LogP contribution in [0.5, 0.6) is 5.75 Å². The van der Waals surface area contributed by atoms with Crippen LogP contribution in [0.2, 0.25) is 0 Å². The Morgan fingerprint density at radius 3 is 2.86 bits per heavy atom. The second-order valence-electron chi connectivity index (χ2n) is 3.30. The smallest absolute Gasteiger partial charge is 0.332 e. The molecule has 0 spiro atoms. The first-order valence-corrected chi connectivity index (χ1v) is 4.44. The van der Waals surface area contributed by atoms with E-state index >= 15 is 0 Å². The Kier molecular flexibility index (Phi) is 2.00. The molecule has 0 aliphatic heterocycles. The first kappa shape index (κ1) is 8.81. The maximum atomic E-state index is 10.9. The molecule has 1 aromatic rings. The Bertz CT molecular complexity index is 500. The average molecular weight is 190 g/mol. The van der Waals surface area contributed by atoms with Crippen LogP contribution in [0.4, 0.5) is 0 Å². The van der Waals surface area contributed by atoms with Crippen LogP contribution in [0.3, 0.4) is 0 Å². The van der Waals surface area contributed by atoms with E-state index in [9.17, 15) is 9.90 Å². The molecule has 0 aromatic heterocycles. The van der Waals surface area contributed by atoms with Crippen molar-refractivity contribution >= 4 is 17.6 Å². The number of carboxylic acid groups (broad SMARTS) is 1. The highest BCUT2D eigenvalue weighted by Gasteiger charge is 2.11. The van der Waals surface area contributed by atoms with Gasteiger partial charge in [0.15, 0.2) is 0 Å². The molecule has 3 heteroatoms. The number of phenolic OH excluding ortho intramolecular Hbond substituents is 1. The highest BCUT2D eigenvalue weighted by Crippen LogP contribution is 2.09. The standard InChI is InChI=1S/C11H10O3/c12-8-4-5-9-7(6-8)2-1-3-10(9)11(13)14/h2,4-6,12H,1,3H2,(H,13,14). The zero-order valence-electron chi connectivity index (χ0n) is 7.53. The lowest BCUT2D eigenvalue weighted by Crippen LogP contribution is -2.31. The van der Waals surface area contributed by atoms with E-state index in [0.29, 0.717) is 12.0 Å². The number of aliphatic carboxylic acids is 1. The van der Waals surface area contributed by atoms with E-state index < -0.39 is 5.97 Å². The molecule has 3 nitrogen and oxygen atoms in total. The zero-order chi connectivity index (χ0) is 10.1. The van der Waals surface area contributed by atoms with Crippen LogP contribution in [0.1, 0.15) is 12.8 Å². The van der Waals surface area contributed by atoms with Crippen molar-refractivity contribution < 1.29 is 15.0 Å². The lowest BCUT2D eigenvalue weighted by atomic mass is 10.00. The van der Waals surface area contributed by atoms with Crippen LogP contribution in [0, 0.1) is 0 Å². The normalized spacial score (nSPS) is 14.4. The Balaban J connectivity index is 2.82. The monoisotopic (exact) mass is 190 g/mol. The third-order valence-electron chi connectivity index (χ3n) is 2.38. The summed E-state index contributed by atoms with van der Waals surface area (Å²) in [5, 5.41) is 19.7. The molecule has 0 radical (unpaired) electrons. The molecule has 0 fully saturated rings. The summed E-state index contributed by atoms with van der Waals surface area (Å²) in [4.78, 5) is 10.9. The number of carboxylic acids is 1. The molecule has 1 aromatic carbocycles. The van der Waals surface area contributed by atoms with Crippen molar-refractivity contribution in [2.75, 3.05) is 0 Å². The summed E-state index contributed by atoms with van der Waals surface area (Å²) < 4.78 is 0. The lowest BCUT2D eigenvalue weighted by molar-refractivity contribution is -0.130. The van der Waals surface area contributed by atoms with Gasteiger partial charge < -0.3 is 10.2 Å². The number of fused-ring (bicyclic) bond motifs is 1. The van der Waals surface area contributed by atoms with Gasteiger partial charge in [-0.05, 0) is 35.4 Å². The average Bonchev–Trinajstić information content (AvgIpc) is 2.16. The lowest BCUT2D eigenvalue weighted by Gasteiger charge is -2.06. The van der Waals surface area contributed by atoms with Gasteiger partial charge in [-0.1, -0.05) is 12.1 Å². The van der Waals surface area contributed by atoms with Gasteiger partial charge in [-0.3, -0.25) is 0 Å². The fourth-order valence-electron chi connectivity index (χ4n) is 1.72. The van der Waals surface area contributed by atoms with Crippen molar-refractivity contribution in [2.24, 2.45) is 0 Å². The van der Waals surface area contributed by atoms with Crippen molar-refractivity contribution in [3.05, 3.63) is 28.6 Å². The highest BCUT2D eigenvalue weighted by molar-refractivity contribution is 6.08. The van der Waals surface area contributed by atoms with Crippen LogP contribution in [-0.2, 0) is 4.79 Å². The summed E-state index contributed by atoms with van der Waals surface area (Å²) >= 11 is 0. The molecule has 0 atom stereocenters. The van der Waals surface area contributed by atoms with E-state index in [2.05, 4.69) is 0 Å². The molecule has 72 valence electrons. The molecule has 0 heterocycles. The van der Waals surface area contributed by atoms with Gasteiger partial charge in [0, 0.05) is 5.57 Å². The molecule has 2 rings (SSSR count). The number of hydrogen-bond donors (Lipinski definition) is 2. The van der Waals surface area contributed by atoms with Crippen molar-refractivity contribution in [1.82, 2.24) is 0 Å². The molecule has 0 bridgehead atoms. The fraction of sp³-hybridized carbons (Fsp3) is 0.182. The van der Waals surface area contributed by atoms with Gasteiger partial charge in [-0.2, -0.15) is 0 Å². The number of aromatic hydroxyl groups is 1. The quantitative estimate of drug-likeness (QED) is 0.665. The summed E-state index contributed by atoms with van der Waals surface area (Å²) in [5.74, 6) is -0.698. The van der Waals surface area contributed by atoms with E-state index in [1.165, 1.54) is 6.07 Å². The Labute approximate surface area is 80.6 Å². The topological polar surface area (TPSA) is 57.5 Å². The second kappa shape index (κ2) is 3.18. The predicted octanol–water partition coefficient (Wildman–Crippen LogP) is 0.202. The molecular weight excluding hydrogens is 180 g/mol. The second-order valence-corrected chi connectivity index (χ2v) is 3.30. The first-order valence-electron chi connectivity index (χ1n) is 4.44. The summed E-state index contributed by atoms with van der Waals surface area (Å²) in [7, 11) is 0. The summed E-state index contributed by atoms with van der Waals surface area (Å²) in [6.45, 7) is 0. The fourth-order valence-corrected chi connectivity index (χ4v) is 1.72. The number of hydrogen-bond acceptors (Lipinski definition) is 2. The predicted molar refractivity (Wildman–Crippen MR) is 52.1 cm³/mol. The van der Waals surface area contributed by atoms with E-state index in [1.807, 2.05) is 6.08 Å². The number of rotatable bonds is 1. The van der Waals surface area contributed by atoms with Gasteiger partial charge in [-0.15, -0.1) is 0 Å². The van der Waals surface area contributed by atoms with Crippen LogP contribution in [0.15, 0.2) is 18.2 Å².